The highest BCUT2D eigenvalue weighted by Crippen LogP contribution is 2.09. The number of Topliss-reactive ketones (excluding diaryl/α,β-unsaturated/α-hetero) is 1. The number of carboxylic acid groups (broad SMARTS) is 1. The molecule has 0 aliphatic rings. The number of hydrogen-bond acceptors (Lipinski definition) is 5. The second-order valence-corrected chi connectivity index (χ2v) is 3.01. The highest BCUT2D eigenvalue weighted by molar-refractivity contribution is 6.05. The number of ether oxygens (including phenoxy) is 1. The van der Waals surface area contributed by atoms with Crippen LogP contribution in [0.5, 0.6) is 0 Å². The first kappa shape index (κ1) is 12.6. The Kier molecular flexibility index (Phi) is 3.76. The molecule has 2 unspecified atom stereocenters. The highest BCUT2D eigenvalue weighted by atomic mass is 16.6. The molecule has 0 spiro atoms. The number of hydrogen-bond donors (Lipinski definition) is 2. The average molecular weight is 204 g/mol. The van der Waals surface area contributed by atoms with Crippen molar-refractivity contribution in [2.75, 3.05) is 0 Å². The van der Waals surface area contributed by atoms with Gasteiger partial charge in [-0.15, -0.1) is 0 Å². The lowest BCUT2D eigenvalue weighted by molar-refractivity contribution is -0.178. The smallest absolute Gasteiger partial charge is 0.346 e. The Hall–Kier alpha value is -1.43. The van der Waals surface area contributed by atoms with Crippen LogP contribution in [-0.4, -0.2) is 39.6 Å². The van der Waals surface area contributed by atoms with Gasteiger partial charge in [-0.3, -0.25) is 4.79 Å². The summed E-state index contributed by atoms with van der Waals surface area (Å²) in [5.41, 5.74) is -2.29. The van der Waals surface area contributed by atoms with Gasteiger partial charge in [0, 0.05) is 0 Å². The van der Waals surface area contributed by atoms with E-state index in [-0.39, 0.29) is 0 Å². The van der Waals surface area contributed by atoms with Crippen molar-refractivity contribution < 1.29 is 29.3 Å². The predicted molar refractivity (Wildman–Crippen MR) is 44.5 cm³/mol. The summed E-state index contributed by atoms with van der Waals surface area (Å²) in [7, 11) is 0. The Morgan fingerprint density at radius 2 is 1.79 bits per heavy atom. The van der Waals surface area contributed by atoms with Crippen LogP contribution in [0.25, 0.3) is 0 Å². The monoisotopic (exact) mass is 204 g/mol. The van der Waals surface area contributed by atoms with Crippen LogP contribution in [0, 0.1) is 0 Å². The number of carbonyl (C=O) groups excluding carboxylic acids is 2. The number of esters is 1. The maximum atomic E-state index is 11.1. The van der Waals surface area contributed by atoms with Gasteiger partial charge in [-0.2, -0.15) is 0 Å². The molecule has 14 heavy (non-hydrogen) atoms. The molecule has 0 heterocycles. The van der Waals surface area contributed by atoms with Crippen molar-refractivity contribution in [3.05, 3.63) is 0 Å². The third-order valence-electron chi connectivity index (χ3n) is 1.71. The fraction of sp³-hybridized carbons (Fsp3) is 0.625. The molecule has 0 aromatic rings. The van der Waals surface area contributed by atoms with E-state index in [4.69, 9.17) is 5.11 Å². The van der Waals surface area contributed by atoms with E-state index in [1.54, 1.807) is 0 Å². The lowest BCUT2D eigenvalue weighted by atomic mass is 10.0. The normalized spacial score (nSPS) is 16.6. The minimum atomic E-state index is -2.29. The van der Waals surface area contributed by atoms with Crippen LogP contribution in [0.2, 0.25) is 0 Å². The van der Waals surface area contributed by atoms with E-state index in [1.807, 2.05) is 0 Å². The van der Waals surface area contributed by atoms with Crippen LogP contribution >= 0.6 is 0 Å². The van der Waals surface area contributed by atoms with Crippen LogP contribution in [0.3, 0.4) is 0 Å². The molecule has 0 aromatic carbocycles. The molecule has 0 saturated heterocycles. The largest absolute Gasteiger partial charge is 0.479 e. The van der Waals surface area contributed by atoms with Gasteiger partial charge in [-0.1, -0.05) is 0 Å². The van der Waals surface area contributed by atoms with Crippen molar-refractivity contribution in [3.8, 4) is 0 Å². The summed E-state index contributed by atoms with van der Waals surface area (Å²) in [5, 5.41) is 17.7. The van der Waals surface area contributed by atoms with Crippen LogP contribution in [-0.2, 0) is 19.1 Å². The number of ketones is 1. The number of aliphatic hydroxyl groups is 1. The fourth-order valence-electron chi connectivity index (χ4n) is 0.469. The quantitative estimate of drug-likeness (QED) is 0.465. The second-order valence-electron chi connectivity index (χ2n) is 3.01. The summed E-state index contributed by atoms with van der Waals surface area (Å²) in [5.74, 6) is -3.42. The molecule has 6 nitrogen and oxygen atoms in total. The number of aliphatic carboxylic acids is 1. The predicted octanol–water partition coefficient (Wildman–Crippen LogP) is -0.657. The fourth-order valence-corrected chi connectivity index (χ4v) is 0.469. The van der Waals surface area contributed by atoms with Gasteiger partial charge < -0.3 is 14.9 Å². The second kappa shape index (κ2) is 4.19. The summed E-state index contributed by atoms with van der Waals surface area (Å²) in [6, 6.07) is 0. The van der Waals surface area contributed by atoms with Gasteiger partial charge in [-0.05, 0) is 20.8 Å². The first-order valence-electron chi connectivity index (χ1n) is 3.87. The summed E-state index contributed by atoms with van der Waals surface area (Å²) >= 11 is 0. The van der Waals surface area contributed by atoms with E-state index >= 15 is 0 Å². The molecule has 0 aliphatic heterocycles. The zero-order chi connectivity index (χ0) is 11.5. The van der Waals surface area contributed by atoms with Crippen molar-refractivity contribution in [3.63, 3.8) is 0 Å². The molecule has 0 radical (unpaired) electrons. The molecule has 80 valence electrons. The lowest BCUT2D eigenvalue weighted by Crippen LogP contribution is -2.45. The van der Waals surface area contributed by atoms with Gasteiger partial charge in [0.2, 0.25) is 5.60 Å². The standard InChI is InChI=1S/C8H12O6/c1-4(6(10)11)14-7(12)8(3,13)5(2)9/h4,13H,1-3H3,(H,10,11). The Morgan fingerprint density at radius 1 is 1.36 bits per heavy atom. The number of carbonyl (C=O) groups is 3. The zero-order valence-corrected chi connectivity index (χ0v) is 8.10. The van der Waals surface area contributed by atoms with Gasteiger partial charge in [-0.25, -0.2) is 9.59 Å². The Labute approximate surface area is 80.5 Å². The van der Waals surface area contributed by atoms with E-state index in [9.17, 15) is 19.5 Å². The van der Waals surface area contributed by atoms with E-state index < -0.39 is 29.4 Å². The molecule has 0 aliphatic carbocycles. The molecular weight excluding hydrogens is 192 g/mol. The Morgan fingerprint density at radius 3 is 2.07 bits per heavy atom. The van der Waals surface area contributed by atoms with E-state index in [0.29, 0.717) is 0 Å². The lowest BCUT2D eigenvalue weighted by Gasteiger charge is -2.19. The van der Waals surface area contributed by atoms with Crippen LogP contribution in [0.1, 0.15) is 20.8 Å². The average Bonchev–Trinajstić information content (AvgIpc) is 2.03. The van der Waals surface area contributed by atoms with Crippen molar-refractivity contribution in [2.24, 2.45) is 0 Å². The highest BCUT2D eigenvalue weighted by Gasteiger charge is 2.39. The molecule has 0 saturated carbocycles. The minimum absolute atomic E-state index is 0.805. The maximum absolute atomic E-state index is 11.1. The first-order chi connectivity index (χ1) is 6.19. The third kappa shape index (κ3) is 2.81. The van der Waals surface area contributed by atoms with Crippen molar-refractivity contribution in [1.82, 2.24) is 0 Å². The molecule has 0 aromatic heterocycles. The first-order valence-corrected chi connectivity index (χ1v) is 3.87. The summed E-state index contributed by atoms with van der Waals surface area (Å²) in [6.45, 7) is 3.08. The zero-order valence-electron chi connectivity index (χ0n) is 8.10. The van der Waals surface area contributed by atoms with Gasteiger partial charge >= 0.3 is 11.9 Å². The number of carboxylic acids is 1. The molecule has 2 N–H and O–H groups in total. The van der Waals surface area contributed by atoms with Crippen LogP contribution in [0.4, 0.5) is 0 Å². The molecule has 6 heteroatoms. The van der Waals surface area contributed by atoms with Gasteiger partial charge in [0.25, 0.3) is 0 Å². The molecule has 0 fully saturated rings. The maximum Gasteiger partial charge on any atom is 0.346 e. The molecule has 0 bridgehead atoms. The van der Waals surface area contributed by atoms with Gasteiger partial charge in [0.05, 0.1) is 0 Å². The third-order valence-corrected chi connectivity index (χ3v) is 1.71. The molecular formula is C8H12O6. The van der Waals surface area contributed by atoms with Crippen molar-refractivity contribution in [2.45, 2.75) is 32.5 Å². The number of rotatable bonds is 4. The van der Waals surface area contributed by atoms with Crippen molar-refractivity contribution in [1.29, 1.82) is 0 Å². The van der Waals surface area contributed by atoms with Crippen LogP contribution < -0.4 is 0 Å². The summed E-state index contributed by atoms with van der Waals surface area (Å²) in [6.07, 6.45) is -1.40. The molecule has 0 amide bonds. The minimum Gasteiger partial charge on any atom is -0.479 e. The molecule has 0 rings (SSSR count). The Balaban J connectivity index is 4.50. The van der Waals surface area contributed by atoms with E-state index in [1.165, 1.54) is 0 Å². The topological polar surface area (TPSA) is 101 Å². The summed E-state index contributed by atoms with van der Waals surface area (Å²) < 4.78 is 4.33. The van der Waals surface area contributed by atoms with E-state index in [2.05, 4.69) is 4.74 Å². The summed E-state index contributed by atoms with van der Waals surface area (Å²) in [4.78, 5) is 32.1. The van der Waals surface area contributed by atoms with E-state index in [0.717, 1.165) is 20.8 Å². The Bertz CT molecular complexity index is 267. The SMILES string of the molecule is CC(=O)C(C)(O)C(=O)OC(C)C(=O)O. The van der Waals surface area contributed by atoms with Crippen LogP contribution in [0.15, 0.2) is 0 Å². The van der Waals surface area contributed by atoms with Gasteiger partial charge in [0.1, 0.15) is 0 Å². The van der Waals surface area contributed by atoms with Gasteiger partial charge in [0.15, 0.2) is 11.9 Å². The van der Waals surface area contributed by atoms with Crippen molar-refractivity contribution >= 4 is 17.7 Å². The molecule has 2 atom stereocenters.